The van der Waals surface area contributed by atoms with Crippen molar-refractivity contribution in [1.82, 2.24) is 10.3 Å². The summed E-state index contributed by atoms with van der Waals surface area (Å²) in [7, 11) is 0. The van der Waals surface area contributed by atoms with Crippen molar-refractivity contribution in [2.45, 2.75) is 51.6 Å². The van der Waals surface area contributed by atoms with Gasteiger partial charge in [-0.15, -0.1) is 11.3 Å². The van der Waals surface area contributed by atoms with Crippen LogP contribution in [0, 0.1) is 13.8 Å². The summed E-state index contributed by atoms with van der Waals surface area (Å²) in [5.74, 6) is -0.00862. The molecule has 142 valence electrons. The number of fused-ring (bicyclic) bond motifs is 1. The maximum absolute atomic E-state index is 12.4. The molecule has 2 heterocycles. The van der Waals surface area contributed by atoms with Crippen LogP contribution in [0.15, 0.2) is 30.5 Å². The third-order valence-corrected chi connectivity index (χ3v) is 6.94. The Hall–Kier alpha value is -2.11. The lowest BCUT2D eigenvalue weighted by atomic mass is 9.88. The summed E-state index contributed by atoms with van der Waals surface area (Å²) in [6.45, 7) is 4.65. The number of hydrogen-bond acceptors (Lipinski definition) is 3. The lowest BCUT2D eigenvalue weighted by molar-refractivity contribution is 0.0460. The number of H-pyrrole nitrogens is 1. The number of aryl methyl sites for hydroxylation is 2. The Balaban J connectivity index is 1.52. The van der Waals surface area contributed by atoms with Gasteiger partial charge in [-0.1, -0.05) is 25.0 Å². The largest absolute Gasteiger partial charge is 0.385 e. The van der Waals surface area contributed by atoms with Crippen LogP contribution in [0.3, 0.4) is 0 Å². The monoisotopic (exact) mass is 382 g/mol. The lowest BCUT2D eigenvalue weighted by Gasteiger charge is -2.24. The van der Waals surface area contributed by atoms with Crippen LogP contribution in [0.2, 0.25) is 0 Å². The van der Waals surface area contributed by atoms with E-state index < -0.39 is 5.60 Å². The molecule has 5 heteroatoms. The van der Waals surface area contributed by atoms with Gasteiger partial charge in [-0.3, -0.25) is 4.79 Å². The first kappa shape index (κ1) is 18.3. The van der Waals surface area contributed by atoms with Crippen molar-refractivity contribution in [1.29, 1.82) is 0 Å². The van der Waals surface area contributed by atoms with Crippen LogP contribution in [0.4, 0.5) is 0 Å². The highest BCUT2D eigenvalue weighted by atomic mass is 32.1. The van der Waals surface area contributed by atoms with E-state index in [1.165, 1.54) is 4.88 Å². The van der Waals surface area contributed by atoms with Crippen molar-refractivity contribution in [2.24, 2.45) is 0 Å². The Labute approximate surface area is 163 Å². The number of rotatable bonds is 5. The summed E-state index contributed by atoms with van der Waals surface area (Å²) >= 11 is 1.54. The van der Waals surface area contributed by atoms with Crippen LogP contribution < -0.4 is 5.32 Å². The van der Waals surface area contributed by atoms with Gasteiger partial charge < -0.3 is 15.4 Å². The number of carbonyl (C=O) groups is 1. The van der Waals surface area contributed by atoms with E-state index in [9.17, 15) is 9.90 Å². The van der Waals surface area contributed by atoms with Crippen LogP contribution >= 0.6 is 11.3 Å². The molecule has 4 nitrogen and oxygen atoms in total. The van der Waals surface area contributed by atoms with Crippen LogP contribution in [-0.2, 0) is 12.0 Å². The molecule has 1 aliphatic carbocycles. The predicted octanol–water partition coefficient (Wildman–Crippen LogP) is 4.58. The van der Waals surface area contributed by atoms with E-state index in [1.54, 1.807) is 11.3 Å². The minimum Gasteiger partial charge on any atom is -0.385 e. The molecule has 1 aromatic carbocycles. The predicted molar refractivity (Wildman–Crippen MR) is 110 cm³/mol. The van der Waals surface area contributed by atoms with Crippen LogP contribution in [-0.4, -0.2) is 22.5 Å². The second-order valence-electron chi connectivity index (χ2n) is 7.64. The first-order valence-corrected chi connectivity index (χ1v) is 10.5. The summed E-state index contributed by atoms with van der Waals surface area (Å²) in [6, 6.07) is 8.07. The van der Waals surface area contributed by atoms with E-state index in [0.29, 0.717) is 6.54 Å². The molecule has 0 aliphatic heterocycles. The summed E-state index contributed by atoms with van der Waals surface area (Å²) < 4.78 is 0. The normalized spacial score (nSPS) is 16.1. The standard InChI is InChI=1S/C22H26N2O2S/c1-14-12-19(27-15(14)2)21(25)23-11-8-16-13-24-18-7-5-6-17(20(16)18)22(26)9-3-4-10-22/h5-7,12-13,24,26H,3-4,8-11H2,1-2H3,(H,23,25). The zero-order valence-corrected chi connectivity index (χ0v) is 16.7. The van der Waals surface area contributed by atoms with Crippen LogP contribution in [0.5, 0.6) is 0 Å². The maximum Gasteiger partial charge on any atom is 0.261 e. The van der Waals surface area contributed by atoms with Crippen molar-refractivity contribution in [3.63, 3.8) is 0 Å². The Kier molecular flexibility index (Phi) is 4.82. The fraction of sp³-hybridized carbons (Fsp3) is 0.409. The van der Waals surface area contributed by atoms with E-state index in [4.69, 9.17) is 0 Å². The molecule has 0 bridgehead atoms. The van der Waals surface area contributed by atoms with Crippen LogP contribution in [0.1, 0.15) is 56.9 Å². The Morgan fingerprint density at radius 2 is 2.07 bits per heavy atom. The highest BCUT2D eigenvalue weighted by molar-refractivity contribution is 7.14. The zero-order valence-electron chi connectivity index (χ0n) is 15.9. The molecule has 0 atom stereocenters. The van der Waals surface area contributed by atoms with Gasteiger partial charge in [0.05, 0.1) is 10.5 Å². The van der Waals surface area contributed by atoms with Crippen LogP contribution in [0.25, 0.3) is 10.9 Å². The van der Waals surface area contributed by atoms with Gasteiger partial charge in [0.2, 0.25) is 0 Å². The molecule has 1 fully saturated rings. The van der Waals surface area contributed by atoms with Gasteiger partial charge in [0.1, 0.15) is 0 Å². The van der Waals surface area contributed by atoms with Crippen molar-refractivity contribution in [3.05, 3.63) is 56.9 Å². The van der Waals surface area contributed by atoms with Crippen molar-refractivity contribution in [2.75, 3.05) is 6.54 Å². The number of carbonyl (C=O) groups excluding carboxylic acids is 1. The number of thiophene rings is 1. The maximum atomic E-state index is 12.4. The topological polar surface area (TPSA) is 65.1 Å². The van der Waals surface area contributed by atoms with Crippen molar-refractivity contribution >= 4 is 28.1 Å². The lowest BCUT2D eigenvalue weighted by Crippen LogP contribution is -2.25. The summed E-state index contributed by atoms with van der Waals surface area (Å²) in [5.41, 5.74) is 3.69. The van der Waals surface area contributed by atoms with E-state index in [2.05, 4.69) is 22.4 Å². The highest BCUT2D eigenvalue weighted by Crippen LogP contribution is 2.42. The van der Waals surface area contributed by atoms with E-state index in [0.717, 1.165) is 64.6 Å². The summed E-state index contributed by atoms with van der Waals surface area (Å²) in [4.78, 5) is 17.7. The minimum atomic E-state index is -0.717. The molecule has 0 spiro atoms. The van der Waals surface area contributed by atoms with Gasteiger partial charge in [-0.2, -0.15) is 0 Å². The fourth-order valence-electron chi connectivity index (χ4n) is 4.15. The zero-order chi connectivity index (χ0) is 19.0. The van der Waals surface area contributed by atoms with Gasteiger partial charge in [0, 0.05) is 28.5 Å². The molecule has 0 saturated heterocycles. The molecule has 1 saturated carbocycles. The summed E-state index contributed by atoms with van der Waals surface area (Å²) in [5, 5.41) is 15.3. The number of nitrogens with one attached hydrogen (secondary N) is 2. The van der Waals surface area contributed by atoms with E-state index >= 15 is 0 Å². The quantitative estimate of drug-likeness (QED) is 0.605. The number of aromatic nitrogens is 1. The molecule has 4 rings (SSSR count). The number of hydrogen-bond donors (Lipinski definition) is 3. The molecule has 0 radical (unpaired) electrons. The second-order valence-corrected chi connectivity index (χ2v) is 8.89. The van der Waals surface area contributed by atoms with Crippen molar-refractivity contribution < 1.29 is 9.90 Å². The highest BCUT2D eigenvalue weighted by Gasteiger charge is 2.34. The van der Waals surface area contributed by atoms with E-state index in [-0.39, 0.29) is 5.91 Å². The molecular formula is C22H26N2O2S. The Morgan fingerprint density at radius 3 is 2.78 bits per heavy atom. The summed E-state index contributed by atoms with van der Waals surface area (Å²) in [6.07, 6.45) is 6.54. The van der Waals surface area contributed by atoms with Crippen molar-refractivity contribution in [3.8, 4) is 0 Å². The second kappa shape index (κ2) is 7.13. The molecule has 2 aromatic heterocycles. The molecule has 3 aromatic rings. The third-order valence-electron chi connectivity index (χ3n) is 5.79. The van der Waals surface area contributed by atoms with Gasteiger partial charge in [-0.25, -0.2) is 0 Å². The Bertz CT molecular complexity index is 960. The first-order chi connectivity index (χ1) is 13.0. The minimum absolute atomic E-state index is 0.00862. The smallest absolute Gasteiger partial charge is 0.261 e. The molecule has 3 N–H and O–H groups in total. The SMILES string of the molecule is Cc1cc(C(=O)NCCc2c[nH]c3cccc(C4(O)CCCC4)c23)sc1C. The number of aromatic amines is 1. The van der Waals surface area contributed by atoms with Gasteiger partial charge in [0.25, 0.3) is 5.91 Å². The average Bonchev–Trinajstić information content (AvgIpc) is 3.35. The Morgan fingerprint density at radius 1 is 1.30 bits per heavy atom. The molecule has 1 aliphatic rings. The molecular weight excluding hydrogens is 356 g/mol. The number of benzene rings is 1. The van der Waals surface area contributed by atoms with E-state index in [1.807, 2.05) is 32.2 Å². The number of amides is 1. The fourth-order valence-corrected chi connectivity index (χ4v) is 5.10. The molecule has 0 unspecified atom stereocenters. The van der Waals surface area contributed by atoms with Gasteiger partial charge in [-0.05, 0) is 61.9 Å². The number of aliphatic hydroxyl groups is 1. The molecule has 1 amide bonds. The van der Waals surface area contributed by atoms with Gasteiger partial charge in [0.15, 0.2) is 0 Å². The molecule has 27 heavy (non-hydrogen) atoms. The van der Waals surface area contributed by atoms with Gasteiger partial charge >= 0.3 is 0 Å². The first-order valence-electron chi connectivity index (χ1n) is 9.65. The third kappa shape index (κ3) is 3.42. The average molecular weight is 383 g/mol.